The molecule has 2 unspecified atom stereocenters. The van der Waals surface area contributed by atoms with Gasteiger partial charge in [0.2, 0.25) is 0 Å². The lowest BCUT2D eigenvalue weighted by Crippen LogP contribution is -2.43. The molecular formula is C51H96N3O3P. The maximum Gasteiger partial charge on any atom is 0.189 e. The molecule has 338 valence electrons. The zero-order chi connectivity index (χ0) is 43.5. The molecule has 1 aromatic rings. The van der Waals surface area contributed by atoms with Gasteiger partial charge >= 0.3 is 0 Å². The van der Waals surface area contributed by atoms with Gasteiger partial charge < -0.3 is 14.0 Å². The summed E-state index contributed by atoms with van der Waals surface area (Å²) in [5, 5.41) is 10.9. The van der Waals surface area contributed by atoms with E-state index < -0.39 is 8.45 Å². The van der Waals surface area contributed by atoms with Crippen LogP contribution in [0.4, 0.5) is 0 Å². The molecule has 1 aromatic carbocycles. The Balaban J connectivity index is 3.50. The molecule has 0 aliphatic heterocycles. The fourth-order valence-electron chi connectivity index (χ4n) is 8.08. The van der Waals surface area contributed by atoms with Crippen molar-refractivity contribution in [2.24, 2.45) is 23.7 Å². The van der Waals surface area contributed by atoms with E-state index in [2.05, 4.69) is 131 Å². The summed E-state index contributed by atoms with van der Waals surface area (Å²) in [5.41, 5.74) is 1.03. The summed E-state index contributed by atoms with van der Waals surface area (Å²) < 4.78 is 25.8. The Morgan fingerprint density at radius 2 is 0.845 bits per heavy atom. The second-order valence-electron chi connectivity index (χ2n) is 19.7. The molecule has 2 atom stereocenters. The van der Waals surface area contributed by atoms with Crippen molar-refractivity contribution >= 4 is 8.45 Å². The Morgan fingerprint density at radius 1 is 0.483 bits per heavy atom. The molecular weight excluding hydrogens is 734 g/mol. The van der Waals surface area contributed by atoms with Gasteiger partial charge in [0.1, 0.15) is 6.10 Å². The van der Waals surface area contributed by atoms with E-state index >= 15 is 0 Å². The highest BCUT2D eigenvalue weighted by Gasteiger charge is 2.39. The lowest BCUT2D eigenvalue weighted by molar-refractivity contribution is 0.115. The van der Waals surface area contributed by atoms with Crippen molar-refractivity contribution in [1.29, 1.82) is 5.26 Å². The molecule has 0 aliphatic rings. The fraction of sp³-hybridized carbons (Fsp3) is 0.863. The zero-order valence-electron chi connectivity index (χ0n) is 40.8. The minimum Gasteiger partial charge on any atom is -0.490 e. The van der Waals surface area contributed by atoms with Crippen molar-refractivity contribution in [1.82, 2.24) is 9.34 Å². The van der Waals surface area contributed by atoms with E-state index in [1.807, 2.05) is 0 Å². The third kappa shape index (κ3) is 23.6. The Kier molecular flexibility index (Phi) is 30.5. The van der Waals surface area contributed by atoms with Gasteiger partial charge in [-0.15, -0.1) is 0 Å². The monoisotopic (exact) mass is 830 g/mol. The summed E-state index contributed by atoms with van der Waals surface area (Å²) in [6, 6.07) is 10.4. The first-order chi connectivity index (χ1) is 27.6. The Morgan fingerprint density at radius 3 is 1.22 bits per heavy atom. The summed E-state index contributed by atoms with van der Waals surface area (Å²) in [5.74, 6) is 3.66. The van der Waals surface area contributed by atoms with Gasteiger partial charge in [-0.1, -0.05) is 150 Å². The lowest BCUT2D eigenvalue weighted by Gasteiger charge is -2.47. The van der Waals surface area contributed by atoms with Gasteiger partial charge in [0.15, 0.2) is 19.9 Å². The number of benzene rings is 1. The number of hydrogen-bond donors (Lipinski definition) is 0. The zero-order valence-corrected chi connectivity index (χ0v) is 41.7. The van der Waals surface area contributed by atoms with Crippen LogP contribution in [0.15, 0.2) is 18.2 Å². The van der Waals surface area contributed by atoms with Crippen LogP contribution in [-0.4, -0.2) is 46.7 Å². The van der Waals surface area contributed by atoms with Crippen LogP contribution in [0.1, 0.15) is 231 Å². The molecule has 0 N–H and O–H groups in total. The van der Waals surface area contributed by atoms with Crippen LogP contribution in [-0.2, 0) is 4.52 Å². The average Bonchev–Trinajstić information content (AvgIpc) is 3.13. The molecule has 0 amide bonds. The smallest absolute Gasteiger partial charge is 0.189 e. The predicted molar refractivity (Wildman–Crippen MR) is 254 cm³/mol. The van der Waals surface area contributed by atoms with Crippen molar-refractivity contribution in [3.8, 4) is 17.6 Å². The summed E-state index contributed by atoms with van der Waals surface area (Å²) in [6.07, 6.45) is 22.5. The van der Waals surface area contributed by atoms with Crippen LogP contribution in [0.3, 0.4) is 0 Å². The van der Waals surface area contributed by atoms with E-state index in [0.717, 1.165) is 66.9 Å². The molecule has 0 spiro atoms. The second kappa shape index (κ2) is 32.3. The lowest BCUT2D eigenvalue weighted by atomic mass is 9.91. The van der Waals surface area contributed by atoms with Gasteiger partial charge in [0.25, 0.3) is 0 Å². The highest BCUT2D eigenvalue weighted by Crippen LogP contribution is 2.55. The van der Waals surface area contributed by atoms with E-state index in [-0.39, 0.29) is 36.2 Å². The number of nitrogens with zero attached hydrogens (tertiary/aromatic N) is 3. The van der Waals surface area contributed by atoms with Crippen molar-refractivity contribution in [2.75, 3.05) is 13.2 Å². The Bertz CT molecular complexity index is 1140. The topological polar surface area (TPSA) is 58.0 Å². The maximum absolute atomic E-state index is 10.9. The van der Waals surface area contributed by atoms with Gasteiger partial charge in [-0.3, -0.25) is 0 Å². The number of nitriles is 1. The number of rotatable bonds is 36. The molecule has 0 bridgehead atoms. The van der Waals surface area contributed by atoms with Gasteiger partial charge in [0, 0.05) is 24.2 Å². The van der Waals surface area contributed by atoms with E-state index in [1.54, 1.807) is 0 Å². The minimum absolute atomic E-state index is 0.274. The maximum atomic E-state index is 10.9. The predicted octanol–water partition coefficient (Wildman–Crippen LogP) is 16.5. The molecule has 1 rings (SSSR count). The summed E-state index contributed by atoms with van der Waals surface area (Å²) in [7, 11) is -1.20. The Labute approximate surface area is 363 Å². The second-order valence-corrected chi connectivity index (χ2v) is 21.3. The van der Waals surface area contributed by atoms with Crippen LogP contribution in [0.2, 0.25) is 0 Å². The van der Waals surface area contributed by atoms with Gasteiger partial charge in [0.05, 0.1) is 25.2 Å². The highest BCUT2D eigenvalue weighted by atomic mass is 31.2. The molecule has 0 aliphatic carbocycles. The average molecular weight is 830 g/mol. The molecule has 58 heavy (non-hydrogen) atoms. The Hall–Kier alpha value is -1.38. The quantitative estimate of drug-likeness (QED) is 0.0496. The van der Waals surface area contributed by atoms with Gasteiger partial charge in [-0.25, -0.2) is 9.34 Å². The summed E-state index contributed by atoms with van der Waals surface area (Å²) in [4.78, 5) is 0. The van der Waals surface area contributed by atoms with Crippen LogP contribution < -0.4 is 9.47 Å². The molecule has 0 saturated carbocycles. The summed E-state index contributed by atoms with van der Waals surface area (Å²) in [6.45, 7) is 33.5. The molecule has 0 saturated heterocycles. The molecule has 0 radical (unpaired) electrons. The fourth-order valence-corrected chi connectivity index (χ4v) is 10.6. The van der Waals surface area contributed by atoms with E-state index in [4.69, 9.17) is 14.0 Å². The van der Waals surface area contributed by atoms with E-state index in [9.17, 15) is 5.26 Å². The number of unbranched alkanes of at least 4 members (excludes halogenated alkanes) is 12. The largest absolute Gasteiger partial charge is 0.490 e. The SMILES string of the molecule is CC(C)CCCCCCCOc1ccc(C(OP(N(C(C)C)C(C)C)N(C(C)C)C(C)C)C(C#N)CCCCCCCC(C)C)cc1OCCCCCCCC(C)C. The normalized spacial score (nSPS) is 13.5. The molecule has 6 nitrogen and oxygen atoms in total. The first-order valence-corrected chi connectivity index (χ1v) is 25.6. The van der Waals surface area contributed by atoms with Crippen LogP contribution >= 0.6 is 8.45 Å². The molecule has 0 fully saturated rings. The van der Waals surface area contributed by atoms with Crippen molar-refractivity contribution in [3.63, 3.8) is 0 Å². The first kappa shape index (κ1) is 54.6. The van der Waals surface area contributed by atoms with E-state index in [0.29, 0.717) is 13.2 Å². The minimum atomic E-state index is -1.20. The molecule has 0 heterocycles. The third-order valence-corrected chi connectivity index (χ3v) is 14.3. The third-order valence-electron chi connectivity index (χ3n) is 11.2. The summed E-state index contributed by atoms with van der Waals surface area (Å²) >= 11 is 0. The molecule has 0 aromatic heterocycles. The van der Waals surface area contributed by atoms with Crippen LogP contribution in [0, 0.1) is 35.0 Å². The number of hydrogen-bond acceptors (Lipinski definition) is 6. The van der Waals surface area contributed by atoms with Gasteiger partial charge in [-0.05, 0) is 110 Å². The first-order valence-electron chi connectivity index (χ1n) is 24.4. The van der Waals surface area contributed by atoms with Crippen molar-refractivity contribution < 1.29 is 14.0 Å². The van der Waals surface area contributed by atoms with Gasteiger partial charge in [-0.2, -0.15) is 5.26 Å². The van der Waals surface area contributed by atoms with Crippen LogP contribution in [0.25, 0.3) is 0 Å². The molecule has 7 heteroatoms. The van der Waals surface area contributed by atoms with Crippen molar-refractivity contribution in [2.45, 2.75) is 249 Å². The highest BCUT2D eigenvalue weighted by molar-refractivity contribution is 7.47. The number of ether oxygens (including phenoxy) is 2. The standard InChI is InChI=1S/C51H96N3O3P/c1-40(2)30-24-18-15-21-27-33-48(39-52)51(57-58(53(43(7)8)44(9)10)54(45(11)12)46(13)14)47-34-35-49(55-36-28-22-16-19-25-31-41(3)4)50(38-47)56-37-29-23-17-20-26-32-42(5)6/h34-35,38,40-46,48,51H,15-33,36-37H2,1-14H3. The van der Waals surface area contributed by atoms with Crippen molar-refractivity contribution in [3.05, 3.63) is 23.8 Å². The van der Waals surface area contributed by atoms with Crippen LogP contribution in [0.5, 0.6) is 11.5 Å². The van der Waals surface area contributed by atoms with E-state index in [1.165, 1.54) is 89.9 Å².